The number of likely N-dealkylation sites (tertiary alicyclic amines) is 1. The van der Waals surface area contributed by atoms with Crippen molar-refractivity contribution in [1.29, 1.82) is 0 Å². The Kier molecular flexibility index (Phi) is 6.46. The largest absolute Gasteiger partial charge is 0.351 e. The Morgan fingerprint density at radius 2 is 2.35 bits per heavy atom. The van der Waals surface area contributed by atoms with Gasteiger partial charge in [0.2, 0.25) is 0 Å². The molecule has 2 aromatic heterocycles. The molecule has 0 saturated carbocycles. The molecule has 2 aromatic rings. The molecule has 1 fully saturated rings. The number of aryl methyl sites for hydroxylation is 2. The standard InChI is InChI=1S/C16H23N5S.HI/c1-12-5-7-22-15(12)9-18-16(17-2)21-6-4-13(11-21)14-8-19-20(3)10-14;/h5,7-8,10,13H,4,6,9,11H2,1-3H3,(H,17,18);1H. The molecular formula is C16H24IN5S. The highest BCUT2D eigenvalue weighted by atomic mass is 127. The predicted molar refractivity (Wildman–Crippen MR) is 107 cm³/mol. The minimum Gasteiger partial charge on any atom is -0.351 e. The fraction of sp³-hybridized carbons (Fsp3) is 0.500. The zero-order chi connectivity index (χ0) is 15.5. The fourth-order valence-electron chi connectivity index (χ4n) is 2.95. The quantitative estimate of drug-likeness (QED) is 0.449. The van der Waals surface area contributed by atoms with Crippen LogP contribution in [-0.4, -0.2) is 40.8 Å². The Hall–Kier alpha value is -1.09. The lowest BCUT2D eigenvalue weighted by Gasteiger charge is -2.21. The molecule has 3 heterocycles. The number of nitrogens with zero attached hydrogens (tertiary/aromatic N) is 4. The molecule has 1 atom stereocenters. The zero-order valence-corrected chi connectivity index (χ0v) is 17.0. The van der Waals surface area contributed by atoms with E-state index < -0.39 is 0 Å². The summed E-state index contributed by atoms with van der Waals surface area (Å²) in [7, 11) is 3.83. The van der Waals surface area contributed by atoms with Gasteiger partial charge in [0, 0.05) is 44.2 Å². The van der Waals surface area contributed by atoms with Crippen LogP contribution in [0.4, 0.5) is 0 Å². The van der Waals surface area contributed by atoms with Gasteiger partial charge in [-0.15, -0.1) is 35.3 Å². The second-order valence-corrected chi connectivity index (χ2v) is 6.81. The SMILES string of the molecule is CN=C(NCc1sccc1C)N1CCC(c2cnn(C)c2)C1.I. The summed E-state index contributed by atoms with van der Waals surface area (Å²) >= 11 is 1.80. The number of guanidine groups is 1. The molecule has 1 N–H and O–H groups in total. The fourth-order valence-corrected chi connectivity index (χ4v) is 3.80. The van der Waals surface area contributed by atoms with Crippen molar-refractivity contribution in [2.45, 2.75) is 25.8 Å². The lowest BCUT2D eigenvalue weighted by Crippen LogP contribution is -2.39. The van der Waals surface area contributed by atoms with Gasteiger partial charge in [-0.25, -0.2) is 0 Å². The monoisotopic (exact) mass is 445 g/mol. The molecule has 23 heavy (non-hydrogen) atoms. The number of aromatic nitrogens is 2. The highest BCUT2D eigenvalue weighted by molar-refractivity contribution is 14.0. The third kappa shape index (κ3) is 4.26. The van der Waals surface area contributed by atoms with Crippen LogP contribution in [0.1, 0.15) is 28.3 Å². The molecule has 0 spiro atoms. The topological polar surface area (TPSA) is 45.5 Å². The number of aliphatic imine (C=N–C) groups is 1. The number of thiophene rings is 1. The normalized spacial score (nSPS) is 18.1. The van der Waals surface area contributed by atoms with E-state index in [9.17, 15) is 0 Å². The number of hydrogen-bond acceptors (Lipinski definition) is 3. The maximum absolute atomic E-state index is 4.45. The van der Waals surface area contributed by atoms with Crippen LogP contribution in [0.15, 0.2) is 28.8 Å². The maximum atomic E-state index is 4.45. The van der Waals surface area contributed by atoms with E-state index in [-0.39, 0.29) is 24.0 Å². The van der Waals surface area contributed by atoms with Crippen molar-refractivity contribution in [3.05, 3.63) is 39.8 Å². The lowest BCUT2D eigenvalue weighted by molar-refractivity contribution is 0.486. The van der Waals surface area contributed by atoms with Crippen LogP contribution < -0.4 is 5.32 Å². The lowest BCUT2D eigenvalue weighted by atomic mass is 10.0. The molecule has 1 unspecified atom stereocenters. The molecule has 0 aromatic carbocycles. The van der Waals surface area contributed by atoms with E-state index in [4.69, 9.17) is 0 Å². The second-order valence-electron chi connectivity index (χ2n) is 5.81. The van der Waals surface area contributed by atoms with Crippen LogP contribution >= 0.6 is 35.3 Å². The van der Waals surface area contributed by atoms with Crippen LogP contribution in [0.2, 0.25) is 0 Å². The van der Waals surface area contributed by atoms with Crippen LogP contribution in [0.3, 0.4) is 0 Å². The summed E-state index contributed by atoms with van der Waals surface area (Å²) in [5.74, 6) is 1.55. The Balaban J connectivity index is 0.00000192. The van der Waals surface area contributed by atoms with Crippen LogP contribution in [0, 0.1) is 6.92 Å². The predicted octanol–water partition coefficient (Wildman–Crippen LogP) is 2.97. The van der Waals surface area contributed by atoms with Gasteiger partial charge in [-0.05, 0) is 35.9 Å². The third-order valence-corrected chi connectivity index (χ3v) is 5.29. The summed E-state index contributed by atoms with van der Waals surface area (Å²) < 4.78 is 1.88. The molecule has 0 bridgehead atoms. The van der Waals surface area contributed by atoms with Crippen molar-refractivity contribution in [2.24, 2.45) is 12.0 Å². The minimum absolute atomic E-state index is 0. The first kappa shape index (κ1) is 18.3. The maximum Gasteiger partial charge on any atom is 0.193 e. The summed E-state index contributed by atoms with van der Waals surface area (Å²) in [5.41, 5.74) is 2.68. The van der Waals surface area contributed by atoms with Crippen molar-refractivity contribution < 1.29 is 0 Å². The first-order valence-corrected chi connectivity index (χ1v) is 8.52. The van der Waals surface area contributed by atoms with Gasteiger partial charge in [-0.2, -0.15) is 5.10 Å². The molecule has 1 saturated heterocycles. The summed E-state index contributed by atoms with van der Waals surface area (Å²) in [6.07, 6.45) is 5.27. The Morgan fingerprint density at radius 1 is 1.52 bits per heavy atom. The van der Waals surface area contributed by atoms with E-state index >= 15 is 0 Å². The second kappa shape index (κ2) is 8.14. The van der Waals surface area contributed by atoms with Gasteiger partial charge in [0.25, 0.3) is 0 Å². The van der Waals surface area contributed by atoms with Gasteiger partial charge in [0.05, 0.1) is 12.7 Å². The van der Waals surface area contributed by atoms with E-state index in [1.54, 1.807) is 11.3 Å². The molecule has 1 aliphatic heterocycles. The highest BCUT2D eigenvalue weighted by Crippen LogP contribution is 2.26. The van der Waals surface area contributed by atoms with Crippen molar-refractivity contribution >= 4 is 41.3 Å². The third-order valence-electron chi connectivity index (χ3n) is 4.27. The van der Waals surface area contributed by atoms with Gasteiger partial charge in [-0.1, -0.05) is 0 Å². The average Bonchev–Trinajstić information content (AvgIpc) is 3.22. The van der Waals surface area contributed by atoms with Gasteiger partial charge in [-0.3, -0.25) is 9.67 Å². The van der Waals surface area contributed by atoms with Crippen molar-refractivity contribution in [2.75, 3.05) is 20.1 Å². The first-order valence-electron chi connectivity index (χ1n) is 7.64. The van der Waals surface area contributed by atoms with Gasteiger partial charge in [0.1, 0.15) is 0 Å². The zero-order valence-electron chi connectivity index (χ0n) is 13.8. The number of hydrogen-bond donors (Lipinski definition) is 1. The summed E-state index contributed by atoms with van der Waals surface area (Å²) in [5, 5.41) is 9.92. The van der Waals surface area contributed by atoms with Crippen molar-refractivity contribution in [3.8, 4) is 0 Å². The Bertz CT molecular complexity index is 663. The summed E-state index contributed by atoms with van der Waals surface area (Å²) in [6.45, 7) is 5.06. The molecule has 5 nitrogen and oxygen atoms in total. The average molecular weight is 445 g/mol. The van der Waals surface area contributed by atoms with Crippen LogP contribution in [0.5, 0.6) is 0 Å². The number of nitrogens with one attached hydrogen (secondary N) is 1. The van der Waals surface area contributed by atoms with E-state index in [0.29, 0.717) is 5.92 Å². The van der Waals surface area contributed by atoms with Gasteiger partial charge in [0.15, 0.2) is 5.96 Å². The Labute approximate surface area is 158 Å². The molecule has 0 radical (unpaired) electrons. The van der Waals surface area contributed by atoms with Gasteiger partial charge >= 0.3 is 0 Å². The number of rotatable bonds is 3. The molecule has 0 aliphatic carbocycles. The number of halogens is 1. The van der Waals surface area contributed by atoms with E-state index in [0.717, 1.165) is 32.0 Å². The van der Waals surface area contributed by atoms with Crippen LogP contribution in [-0.2, 0) is 13.6 Å². The molecule has 126 valence electrons. The van der Waals surface area contributed by atoms with Crippen molar-refractivity contribution in [1.82, 2.24) is 20.0 Å². The summed E-state index contributed by atoms with van der Waals surface area (Å²) in [6, 6.07) is 2.17. The molecule has 7 heteroatoms. The summed E-state index contributed by atoms with van der Waals surface area (Å²) in [4.78, 5) is 8.17. The van der Waals surface area contributed by atoms with E-state index in [2.05, 4.69) is 44.9 Å². The van der Waals surface area contributed by atoms with Gasteiger partial charge < -0.3 is 10.2 Å². The van der Waals surface area contributed by atoms with E-state index in [1.807, 2.05) is 25.0 Å². The molecule has 1 aliphatic rings. The van der Waals surface area contributed by atoms with E-state index in [1.165, 1.54) is 16.0 Å². The smallest absolute Gasteiger partial charge is 0.193 e. The Morgan fingerprint density at radius 3 is 2.96 bits per heavy atom. The minimum atomic E-state index is 0. The molecule has 3 rings (SSSR count). The van der Waals surface area contributed by atoms with Crippen LogP contribution in [0.25, 0.3) is 0 Å². The molecular weight excluding hydrogens is 421 g/mol. The first-order chi connectivity index (χ1) is 10.7. The highest BCUT2D eigenvalue weighted by Gasteiger charge is 2.26. The van der Waals surface area contributed by atoms with Crippen molar-refractivity contribution in [3.63, 3.8) is 0 Å². The molecule has 0 amide bonds.